The van der Waals surface area contributed by atoms with Gasteiger partial charge in [-0.05, 0) is 50.3 Å². The van der Waals surface area contributed by atoms with Crippen LogP contribution in [-0.2, 0) is 11.3 Å². The second-order valence-electron chi connectivity index (χ2n) is 6.26. The maximum atomic E-state index is 12.3. The quantitative estimate of drug-likeness (QED) is 0.428. The van der Waals surface area contributed by atoms with E-state index >= 15 is 0 Å². The van der Waals surface area contributed by atoms with E-state index in [4.69, 9.17) is 17.0 Å². The van der Waals surface area contributed by atoms with E-state index in [0.29, 0.717) is 28.5 Å². The highest BCUT2D eigenvalue weighted by atomic mass is 32.1. The van der Waals surface area contributed by atoms with Gasteiger partial charge in [-0.3, -0.25) is 30.1 Å². The van der Waals surface area contributed by atoms with Gasteiger partial charge in [0.1, 0.15) is 12.3 Å². The van der Waals surface area contributed by atoms with E-state index in [1.165, 1.54) is 0 Å². The number of amides is 2. The fraction of sp³-hybridized carbons (Fsp3) is 0.200. The molecule has 0 unspecified atom stereocenters. The number of ether oxygens (including phenoxy) is 1. The molecule has 2 amide bonds. The maximum Gasteiger partial charge on any atom is 0.269 e. The van der Waals surface area contributed by atoms with Crippen LogP contribution in [0.15, 0.2) is 48.5 Å². The van der Waals surface area contributed by atoms with Gasteiger partial charge < -0.3 is 4.74 Å². The lowest BCUT2D eigenvalue weighted by molar-refractivity contribution is -0.122. The molecule has 0 spiro atoms. The predicted molar refractivity (Wildman–Crippen MR) is 111 cm³/mol. The Balaban J connectivity index is 1.62. The number of carbonyl (C=O) groups excluding carboxylic acids is 2. The molecule has 0 aliphatic heterocycles. The molecule has 0 bridgehead atoms. The van der Waals surface area contributed by atoms with Crippen LogP contribution >= 0.6 is 12.2 Å². The average Bonchev–Trinajstić information content (AvgIpc) is 3.08. The van der Waals surface area contributed by atoms with E-state index in [1.54, 1.807) is 28.8 Å². The van der Waals surface area contributed by atoms with Crippen molar-refractivity contribution in [2.75, 3.05) is 6.61 Å². The number of hydrogen-bond acceptors (Lipinski definition) is 5. The summed E-state index contributed by atoms with van der Waals surface area (Å²) in [5.74, 6) is 0.347. The first-order valence-electron chi connectivity index (χ1n) is 9.02. The van der Waals surface area contributed by atoms with Crippen LogP contribution in [0.4, 0.5) is 0 Å². The van der Waals surface area contributed by atoms with Crippen molar-refractivity contribution >= 4 is 24.0 Å². The number of rotatable bonds is 6. The predicted octanol–water partition coefficient (Wildman–Crippen LogP) is 2.78. The summed E-state index contributed by atoms with van der Waals surface area (Å²) in [6.07, 6.45) is 0. The minimum atomic E-state index is -0.435. The molecular formula is C20H21N5O3S. The van der Waals surface area contributed by atoms with Crippen LogP contribution in [0, 0.1) is 11.7 Å². The molecule has 29 heavy (non-hydrogen) atoms. The van der Waals surface area contributed by atoms with Gasteiger partial charge in [-0.2, -0.15) is 5.10 Å². The molecule has 2 aromatic carbocycles. The summed E-state index contributed by atoms with van der Waals surface area (Å²) in [7, 11) is 0. The first-order chi connectivity index (χ1) is 14.0. The lowest BCUT2D eigenvalue weighted by atomic mass is 10.1. The molecule has 8 nitrogen and oxygen atoms in total. The van der Waals surface area contributed by atoms with Crippen LogP contribution in [-0.4, -0.2) is 33.2 Å². The first kappa shape index (κ1) is 20.3. The number of benzene rings is 2. The minimum Gasteiger partial charge on any atom is -0.494 e. The molecule has 150 valence electrons. The molecule has 1 heterocycles. The van der Waals surface area contributed by atoms with Crippen molar-refractivity contribution in [2.24, 2.45) is 0 Å². The number of aromatic nitrogens is 3. The summed E-state index contributed by atoms with van der Waals surface area (Å²) < 4.78 is 7.22. The van der Waals surface area contributed by atoms with Crippen LogP contribution in [0.1, 0.15) is 22.8 Å². The van der Waals surface area contributed by atoms with Crippen molar-refractivity contribution in [1.82, 2.24) is 25.6 Å². The van der Waals surface area contributed by atoms with Crippen molar-refractivity contribution in [1.29, 1.82) is 0 Å². The van der Waals surface area contributed by atoms with E-state index in [2.05, 4.69) is 21.0 Å². The number of aryl methyl sites for hydroxylation is 1. The Hall–Kier alpha value is -3.46. The van der Waals surface area contributed by atoms with E-state index in [0.717, 1.165) is 11.1 Å². The Kier molecular flexibility index (Phi) is 6.40. The Morgan fingerprint density at radius 3 is 2.45 bits per heavy atom. The Labute approximate surface area is 172 Å². The molecule has 3 rings (SSSR count). The number of nitrogens with one attached hydrogen (secondary N) is 3. The second-order valence-corrected chi connectivity index (χ2v) is 6.65. The van der Waals surface area contributed by atoms with Gasteiger partial charge >= 0.3 is 0 Å². The molecule has 0 radical (unpaired) electrons. The summed E-state index contributed by atoms with van der Waals surface area (Å²) >= 11 is 5.23. The molecule has 0 saturated heterocycles. The van der Waals surface area contributed by atoms with Crippen LogP contribution in [0.2, 0.25) is 0 Å². The molecular weight excluding hydrogens is 390 g/mol. The van der Waals surface area contributed by atoms with E-state index in [1.807, 2.05) is 38.1 Å². The van der Waals surface area contributed by atoms with Gasteiger partial charge in [0, 0.05) is 11.1 Å². The number of hydrazine groups is 1. The summed E-state index contributed by atoms with van der Waals surface area (Å²) in [4.78, 5) is 24.5. The number of hydrogen-bond donors (Lipinski definition) is 3. The molecule has 0 atom stereocenters. The molecule has 3 N–H and O–H groups in total. The molecule has 3 aromatic rings. The third-order valence-electron chi connectivity index (χ3n) is 4.11. The van der Waals surface area contributed by atoms with Crippen LogP contribution in [0.3, 0.4) is 0 Å². The zero-order valence-electron chi connectivity index (χ0n) is 16.1. The Morgan fingerprint density at radius 1 is 1.10 bits per heavy atom. The highest BCUT2D eigenvalue weighted by Gasteiger charge is 2.13. The number of carbonyl (C=O) groups is 2. The van der Waals surface area contributed by atoms with Gasteiger partial charge in [0.05, 0.1) is 6.61 Å². The zero-order valence-corrected chi connectivity index (χ0v) is 16.9. The number of aromatic amines is 1. The van der Waals surface area contributed by atoms with Gasteiger partial charge in [-0.15, -0.1) is 0 Å². The van der Waals surface area contributed by atoms with E-state index in [9.17, 15) is 9.59 Å². The molecule has 0 aliphatic carbocycles. The largest absolute Gasteiger partial charge is 0.494 e. The highest BCUT2D eigenvalue weighted by Crippen LogP contribution is 2.17. The summed E-state index contributed by atoms with van der Waals surface area (Å²) in [5.41, 5.74) is 7.13. The van der Waals surface area contributed by atoms with Gasteiger partial charge in [0.2, 0.25) is 0 Å². The smallest absolute Gasteiger partial charge is 0.269 e. The van der Waals surface area contributed by atoms with Crippen molar-refractivity contribution in [3.05, 3.63) is 64.4 Å². The topological polar surface area (TPSA) is 101 Å². The van der Waals surface area contributed by atoms with Gasteiger partial charge in [0.25, 0.3) is 11.8 Å². The lowest BCUT2D eigenvalue weighted by Gasteiger charge is -2.10. The molecule has 0 aliphatic rings. The van der Waals surface area contributed by atoms with Gasteiger partial charge in [-0.25, -0.2) is 0 Å². The van der Waals surface area contributed by atoms with Crippen molar-refractivity contribution in [2.45, 2.75) is 20.4 Å². The van der Waals surface area contributed by atoms with Crippen LogP contribution in [0.5, 0.6) is 5.75 Å². The third-order valence-corrected chi connectivity index (χ3v) is 4.42. The number of nitrogens with zero attached hydrogens (tertiary/aromatic N) is 2. The summed E-state index contributed by atoms with van der Waals surface area (Å²) in [6, 6.07) is 14.3. The van der Waals surface area contributed by atoms with Crippen molar-refractivity contribution in [3.63, 3.8) is 0 Å². The van der Waals surface area contributed by atoms with Crippen molar-refractivity contribution < 1.29 is 14.3 Å². The molecule has 0 saturated carbocycles. The fourth-order valence-corrected chi connectivity index (χ4v) is 2.84. The van der Waals surface area contributed by atoms with E-state index < -0.39 is 11.8 Å². The van der Waals surface area contributed by atoms with Gasteiger partial charge in [0.15, 0.2) is 10.6 Å². The third kappa shape index (κ3) is 5.08. The lowest BCUT2D eigenvalue weighted by Crippen LogP contribution is -2.43. The molecule has 1 aromatic heterocycles. The zero-order chi connectivity index (χ0) is 20.8. The molecule has 9 heteroatoms. The fourth-order valence-electron chi connectivity index (χ4n) is 2.64. The SMILES string of the molecule is CCOc1ccc(C(=O)NNC(=O)Cn2c(-c3ccc(C)cc3)n[nH]c2=S)cc1. The van der Waals surface area contributed by atoms with Crippen LogP contribution < -0.4 is 15.6 Å². The van der Waals surface area contributed by atoms with Crippen molar-refractivity contribution in [3.8, 4) is 17.1 Å². The van der Waals surface area contributed by atoms with Gasteiger partial charge in [-0.1, -0.05) is 29.8 Å². The molecule has 0 fully saturated rings. The second kappa shape index (κ2) is 9.16. The summed E-state index contributed by atoms with van der Waals surface area (Å²) in [6.45, 7) is 4.32. The first-order valence-corrected chi connectivity index (χ1v) is 9.43. The van der Waals surface area contributed by atoms with E-state index in [-0.39, 0.29) is 6.54 Å². The Morgan fingerprint density at radius 2 is 1.79 bits per heavy atom. The average molecular weight is 411 g/mol. The Bertz CT molecular complexity index is 1050. The van der Waals surface area contributed by atoms with Crippen LogP contribution in [0.25, 0.3) is 11.4 Å². The minimum absolute atomic E-state index is 0.0951. The number of H-pyrrole nitrogens is 1. The standard InChI is InChI=1S/C20H21N5O3S/c1-3-28-16-10-8-15(9-11-16)19(27)23-21-17(26)12-25-18(22-24-20(25)29)14-6-4-13(2)5-7-14/h4-11H,3,12H2,1-2H3,(H,21,26)(H,23,27)(H,24,29). The maximum absolute atomic E-state index is 12.3. The highest BCUT2D eigenvalue weighted by molar-refractivity contribution is 7.71. The monoisotopic (exact) mass is 411 g/mol. The summed E-state index contributed by atoms with van der Waals surface area (Å²) in [5, 5.41) is 6.90. The normalized spacial score (nSPS) is 10.4.